The fourth-order valence-corrected chi connectivity index (χ4v) is 3.81. The lowest BCUT2D eigenvalue weighted by molar-refractivity contribution is -0.118. The Balaban J connectivity index is 1.55. The van der Waals surface area contributed by atoms with Crippen LogP contribution in [0.5, 0.6) is 17.2 Å². The Morgan fingerprint density at radius 2 is 1.56 bits per heavy atom. The summed E-state index contributed by atoms with van der Waals surface area (Å²) in [4.78, 5) is 24.9. The lowest BCUT2D eigenvalue weighted by atomic mass is 9.96. The fraction of sp³-hybridized carbons (Fsp3) is 0.440. The van der Waals surface area contributed by atoms with Gasteiger partial charge < -0.3 is 24.8 Å². The number of rotatable bonds is 8. The van der Waals surface area contributed by atoms with Crippen LogP contribution in [0.1, 0.15) is 55.3 Å². The normalized spacial score (nSPS) is 14.6. The van der Waals surface area contributed by atoms with Crippen LogP contribution in [-0.4, -0.2) is 38.7 Å². The molecule has 3 rings (SSSR count). The molecular weight excluding hydrogens is 408 g/mol. The van der Waals surface area contributed by atoms with Gasteiger partial charge in [0.2, 0.25) is 0 Å². The maximum Gasteiger partial charge on any atom is 0.262 e. The van der Waals surface area contributed by atoms with Gasteiger partial charge in [-0.15, -0.1) is 0 Å². The zero-order valence-corrected chi connectivity index (χ0v) is 18.8. The first-order valence-corrected chi connectivity index (χ1v) is 11.1. The second kappa shape index (κ2) is 12.0. The van der Waals surface area contributed by atoms with Crippen LogP contribution in [-0.2, 0) is 4.79 Å². The highest BCUT2D eigenvalue weighted by atomic mass is 16.5. The Morgan fingerprint density at radius 1 is 0.875 bits per heavy atom. The van der Waals surface area contributed by atoms with Crippen molar-refractivity contribution in [2.45, 2.75) is 51.0 Å². The molecule has 172 valence electrons. The quantitative estimate of drug-likeness (QED) is 0.628. The second-order valence-electron chi connectivity index (χ2n) is 7.95. The Kier molecular flexibility index (Phi) is 8.78. The van der Waals surface area contributed by atoms with Crippen LogP contribution in [0.4, 0.5) is 5.69 Å². The number of carbonyl (C=O) groups is 2. The first kappa shape index (κ1) is 23.4. The zero-order valence-electron chi connectivity index (χ0n) is 18.8. The minimum atomic E-state index is -0.302. The van der Waals surface area contributed by atoms with Crippen molar-refractivity contribution in [1.82, 2.24) is 5.32 Å². The van der Waals surface area contributed by atoms with Crippen LogP contribution >= 0.6 is 0 Å². The minimum absolute atomic E-state index is 0.113. The summed E-state index contributed by atoms with van der Waals surface area (Å²) in [6.45, 7) is -0.185. The van der Waals surface area contributed by atoms with E-state index in [4.69, 9.17) is 14.2 Å². The number of ether oxygens (including phenoxy) is 3. The molecule has 32 heavy (non-hydrogen) atoms. The maximum absolute atomic E-state index is 12.7. The van der Waals surface area contributed by atoms with E-state index in [-0.39, 0.29) is 24.5 Å². The summed E-state index contributed by atoms with van der Waals surface area (Å²) in [6, 6.07) is 12.2. The van der Waals surface area contributed by atoms with Gasteiger partial charge in [0, 0.05) is 17.3 Å². The smallest absolute Gasteiger partial charge is 0.262 e. The number of hydrogen-bond acceptors (Lipinski definition) is 5. The number of benzene rings is 2. The van der Waals surface area contributed by atoms with E-state index in [1.165, 1.54) is 26.4 Å². The first-order valence-electron chi connectivity index (χ1n) is 11.1. The van der Waals surface area contributed by atoms with E-state index in [0.717, 1.165) is 25.7 Å². The van der Waals surface area contributed by atoms with Crippen molar-refractivity contribution in [3.63, 3.8) is 0 Å². The predicted molar refractivity (Wildman–Crippen MR) is 124 cm³/mol. The molecule has 1 aliphatic carbocycles. The van der Waals surface area contributed by atoms with Gasteiger partial charge in [0.25, 0.3) is 11.8 Å². The molecule has 0 aliphatic heterocycles. The van der Waals surface area contributed by atoms with E-state index >= 15 is 0 Å². The first-order chi connectivity index (χ1) is 15.6. The zero-order chi connectivity index (χ0) is 22.8. The molecule has 2 N–H and O–H groups in total. The van der Waals surface area contributed by atoms with Gasteiger partial charge in [0.15, 0.2) is 18.1 Å². The number of anilines is 1. The van der Waals surface area contributed by atoms with E-state index in [1.807, 2.05) is 0 Å². The predicted octanol–water partition coefficient (Wildman–Crippen LogP) is 4.56. The summed E-state index contributed by atoms with van der Waals surface area (Å²) in [5.74, 6) is 1.11. The molecule has 0 saturated heterocycles. The highest BCUT2D eigenvalue weighted by molar-refractivity contribution is 5.95. The summed E-state index contributed by atoms with van der Waals surface area (Å²) < 4.78 is 16.1. The van der Waals surface area contributed by atoms with E-state index < -0.39 is 0 Å². The highest BCUT2D eigenvalue weighted by Gasteiger charge is 2.17. The maximum atomic E-state index is 12.7. The van der Waals surface area contributed by atoms with E-state index in [1.54, 1.807) is 49.6 Å². The topological polar surface area (TPSA) is 85.9 Å². The minimum Gasteiger partial charge on any atom is -0.497 e. The Labute approximate surface area is 189 Å². The third-order valence-electron chi connectivity index (χ3n) is 5.60. The van der Waals surface area contributed by atoms with Crippen LogP contribution in [0.2, 0.25) is 0 Å². The van der Waals surface area contributed by atoms with Gasteiger partial charge in [-0.2, -0.15) is 0 Å². The third kappa shape index (κ3) is 6.90. The van der Waals surface area contributed by atoms with E-state index in [2.05, 4.69) is 10.6 Å². The third-order valence-corrected chi connectivity index (χ3v) is 5.60. The Bertz CT molecular complexity index is 890. The molecule has 7 heteroatoms. The summed E-state index contributed by atoms with van der Waals surface area (Å²) >= 11 is 0. The Hall–Kier alpha value is -3.22. The summed E-state index contributed by atoms with van der Waals surface area (Å²) in [7, 11) is 3.10. The Morgan fingerprint density at radius 3 is 2.22 bits per heavy atom. The molecule has 0 heterocycles. The number of hydrogen-bond donors (Lipinski definition) is 2. The van der Waals surface area contributed by atoms with Crippen molar-refractivity contribution in [3.05, 3.63) is 48.0 Å². The van der Waals surface area contributed by atoms with Crippen molar-refractivity contribution in [1.29, 1.82) is 0 Å². The van der Waals surface area contributed by atoms with E-state index in [0.29, 0.717) is 28.5 Å². The van der Waals surface area contributed by atoms with Crippen molar-refractivity contribution in [2.24, 2.45) is 0 Å². The second-order valence-corrected chi connectivity index (χ2v) is 7.95. The van der Waals surface area contributed by atoms with Gasteiger partial charge in [0.05, 0.1) is 14.2 Å². The van der Waals surface area contributed by atoms with Crippen LogP contribution in [0, 0.1) is 0 Å². The number of nitrogens with one attached hydrogen (secondary N) is 2. The molecule has 0 unspecified atom stereocenters. The van der Waals surface area contributed by atoms with Crippen molar-refractivity contribution in [2.75, 3.05) is 26.1 Å². The molecule has 2 aromatic rings. The van der Waals surface area contributed by atoms with Crippen LogP contribution in [0.15, 0.2) is 42.5 Å². The SMILES string of the molecule is COc1ccc(NC(=O)COc2ccc(C(=O)NC3CCCCCCC3)cc2OC)cc1. The van der Waals surface area contributed by atoms with Gasteiger partial charge in [-0.25, -0.2) is 0 Å². The highest BCUT2D eigenvalue weighted by Crippen LogP contribution is 2.28. The molecule has 2 aromatic carbocycles. The standard InChI is InChI=1S/C25H32N2O5/c1-30-21-13-11-20(12-14-21)26-24(28)17-32-22-15-10-18(16-23(22)31-2)25(29)27-19-8-6-4-3-5-7-9-19/h10-16,19H,3-9,17H2,1-2H3,(H,26,28)(H,27,29). The number of carbonyl (C=O) groups excluding carboxylic acids is 2. The van der Waals surface area contributed by atoms with Crippen molar-refractivity contribution in [3.8, 4) is 17.2 Å². The monoisotopic (exact) mass is 440 g/mol. The molecule has 7 nitrogen and oxygen atoms in total. The van der Waals surface area contributed by atoms with Gasteiger partial charge in [0.1, 0.15) is 5.75 Å². The molecule has 0 aromatic heterocycles. The van der Waals surface area contributed by atoms with Crippen molar-refractivity contribution >= 4 is 17.5 Å². The molecule has 2 amide bonds. The van der Waals surface area contributed by atoms with E-state index in [9.17, 15) is 9.59 Å². The van der Waals surface area contributed by atoms with Crippen molar-refractivity contribution < 1.29 is 23.8 Å². The van der Waals surface area contributed by atoms with Crippen LogP contribution in [0.3, 0.4) is 0 Å². The molecule has 0 spiro atoms. The molecule has 0 bridgehead atoms. The van der Waals surface area contributed by atoms with Crippen LogP contribution in [0.25, 0.3) is 0 Å². The molecule has 1 aliphatic rings. The molecular formula is C25H32N2O5. The molecule has 1 fully saturated rings. The van der Waals surface area contributed by atoms with Gasteiger partial charge in [-0.05, 0) is 55.3 Å². The lowest BCUT2D eigenvalue weighted by Crippen LogP contribution is -2.35. The molecule has 0 atom stereocenters. The molecule has 0 radical (unpaired) electrons. The van der Waals surface area contributed by atoms with Gasteiger partial charge in [-0.1, -0.05) is 32.1 Å². The molecule has 1 saturated carbocycles. The average Bonchev–Trinajstić information content (AvgIpc) is 2.79. The van der Waals surface area contributed by atoms with Crippen LogP contribution < -0.4 is 24.8 Å². The van der Waals surface area contributed by atoms with Gasteiger partial charge in [-0.3, -0.25) is 9.59 Å². The summed E-state index contributed by atoms with van der Waals surface area (Å²) in [6.07, 6.45) is 8.11. The number of methoxy groups -OCH3 is 2. The lowest BCUT2D eigenvalue weighted by Gasteiger charge is -2.21. The largest absolute Gasteiger partial charge is 0.497 e. The summed E-state index contributed by atoms with van der Waals surface area (Å²) in [5.41, 5.74) is 1.16. The van der Waals surface area contributed by atoms with Gasteiger partial charge >= 0.3 is 0 Å². The number of amides is 2. The summed E-state index contributed by atoms with van der Waals surface area (Å²) in [5, 5.41) is 5.91. The fourth-order valence-electron chi connectivity index (χ4n) is 3.81. The average molecular weight is 441 g/mol.